The zero-order chi connectivity index (χ0) is 21.0. The van der Waals surface area contributed by atoms with Gasteiger partial charge in [0, 0.05) is 31.6 Å². The maximum absolute atomic E-state index is 13.6. The number of rotatable bonds is 3. The van der Waals surface area contributed by atoms with Gasteiger partial charge in [-0.1, -0.05) is 0 Å². The number of carbonyl (C=O) groups is 1. The van der Waals surface area contributed by atoms with Crippen LogP contribution < -0.4 is 4.90 Å². The first-order valence-electron chi connectivity index (χ1n) is 8.44. The molecule has 0 saturated carbocycles. The van der Waals surface area contributed by atoms with Crippen LogP contribution in [0.1, 0.15) is 5.56 Å². The number of carbonyl (C=O) groups excluding carboxylic acids is 1. The molecule has 14 heteroatoms. The Morgan fingerprint density at radius 2 is 2.03 bits per heavy atom. The number of hydrogen-bond donors (Lipinski definition) is 1. The highest BCUT2D eigenvalue weighted by Crippen LogP contribution is 2.43. The molecule has 2 aliphatic heterocycles. The second-order valence-corrected chi connectivity index (χ2v) is 8.68. The van der Waals surface area contributed by atoms with Crippen LogP contribution >= 0.6 is 0 Å². The third-order valence-electron chi connectivity index (χ3n) is 4.85. The second kappa shape index (κ2) is 6.57. The molecule has 1 aromatic heterocycles. The van der Waals surface area contributed by atoms with Gasteiger partial charge in [-0.15, -0.1) is 5.10 Å². The summed E-state index contributed by atoms with van der Waals surface area (Å²) in [6.45, 7) is 0.963. The number of tetrazole rings is 1. The number of nitrogens with one attached hydrogen (secondary N) is 1. The van der Waals surface area contributed by atoms with Gasteiger partial charge < -0.3 is 9.64 Å². The molecule has 1 atom stereocenters. The number of fused-ring (bicyclic) bond motifs is 1. The lowest BCUT2D eigenvalue weighted by molar-refractivity contribution is -0.139. The summed E-state index contributed by atoms with van der Waals surface area (Å²) in [7, 11) is -4.31. The Morgan fingerprint density at radius 1 is 1.28 bits per heavy atom. The monoisotopic (exact) mass is 432 g/mol. The van der Waals surface area contributed by atoms with E-state index in [0.717, 1.165) is 6.07 Å². The molecule has 0 aliphatic carbocycles. The maximum atomic E-state index is 13.6. The van der Waals surface area contributed by atoms with Gasteiger partial charge in [-0.05, 0) is 22.6 Å². The molecule has 4 rings (SSSR count). The molecular weight excluding hydrogens is 417 g/mol. The molecule has 1 unspecified atom stereocenters. The Labute approximate surface area is 162 Å². The number of aromatic amines is 1. The van der Waals surface area contributed by atoms with Crippen LogP contribution in [0.25, 0.3) is 11.4 Å². The fourth-order valence-electron chi connectivity index (χ4n) is 3.65. The molecule has 2 aromatic rings. The lowest BCUT2D eigenvalue weighted by Crippen LogP contribution is -2.52. The fraction of sp³-hybridized carbons (Fsp3) is 0.467. The Kier molecular flexibility index (Phi) is 4.40. The number of alkyl halides is 3. The molecule has 29 heavy (non-hydrogen) atoms. The van der Waals surface area contributed by atoms with Crippen LogP contribution in [0.3, 0.4) is 0 Å². The SMILES string of the molecule is CS(=O)(=O)c1c(C(F)(F)F)ccc(N2CCN3C(=O)OCC3C2)c1-c1nnn[nH]1. The van der Waals surface area contributed by atoms with Crippen molar-refractivity contribution in [2.24, 2.45) is 0 Å². The second-order valence-electron chi connectivity index (χ2n) is 6.73. The van der Waals surface area contributed by atoms with E-state index in [1.165, 1.54) is 11.0 Å². The highest BCUT2D eigenvalue weighted by atomic mass is 32.2. The molecular formula is C15H15F3N6O4S. The maximum Gasteiger partial charge on any atom is 0.417 e. The first-order chi connectivity index (χ1) is 13.6. The van der Waals surface area contributed by atoms with Crippen LogP contribution in [0.4, 0.5) is 23.7 Å². The first-order valence-corrected chi connectivity index (χ1v) is 10.3. The number of cyclic esters (lactones) is 1. The van der Waals surface area contributed by atoms with Crippen LogP contribution in [0.2, 0.25) is 0 Å². The predicted octanol–water partition coefficient (Wildman–Crippen LogP) is 0.930. The fourth-order valence-corrected chi connectivity index (χ4v) is 4.80. The van der Waals surface area contributed by atoms with Crippen LogP contribution in [0.15, 0.2) is 17.0 Å². The van der Waals surface area contributed by atoms with Gasteiger partial charge in [0.25, 0.3) is 0 Å². The number of H-pyrrole nitrogens is 1. The number of sulfone groups is 1. The number of nitrogens with zero attached hydrogens (tertiary/aromatic N) is 5. The van der Waals surface area contributed by atoms with Crippen molar-refractivity contribution in [3.8, 4) is 11.4 Å². The average Bonchev–Trinajstić information content (AvgIpc) is 3.29. The molecule has 0 bridgehead atoms. The third-order valence-corrected chi connectivity index (χ3v) is 6.02. The van der Waals surface area contributed by atoms with Crippen molar-refractivity contribution < 1.29 is 31.1 Å². The zero-order valence-corrected chi connectivity index (χ0v) is 15.8. The molecule has 10 nitrogen and oxygen atoms in total. The van der Waals surface area contributed by atoms with Crippen molar-refractivity contribution in [1.82, 2.24) is 25.5 Å². The van der Waals surface area contributed by atoms with Gasteiger partial charge in [-0.2, -0.15) is 13.2 Å². The highest BCUT2D eigenvalue weighted by molar-refractivity contribution is 7.91. The minimum atomic E-state index is -4.90. The molecule has 0 radical (unpaired) electrons. The predicted molar refractivity (Wildman–Crippen MR) is 91.8 cm³/mol. The lowest BCUT2D eigenvalue weighted by atomic mass is 10.0. The zero-order valence-electron chi connectivity index (χ0n) is 15.0. The minimum Gasteiger partial charge on any atom is -0.447 e. The van der Waals surface area contributed by atoms with E-state index in [-0.39, 0.29) is 49.4 Å². The van der Waals surface area contributed by atoms with Gasteiger partial charge in [-0.3, -0.25) is 4.90 Å². The van der Waals surface area contributed by atoms with Crippen LogP contribution in [0, 0.1) is 0 Å². The molecule has 1 aromatic carbocycles. The van der Waals surface area contributed by atoms with E-state index in [1.807, 2.05) is 0 Å². The van der Waals surface area contributed by atoms with Gasteiger partial charge in [0.2, 0.25) is 0 Å². The van der Waals surface area contributed by atoms with E-state index in [1.54, 1.807) is 4.90 Å². The van der Waals surface area contributed by atoms with Crippen LogP contribution in [-0.2, 0) is 20.8 Å². The number of ether oxygens (including phenoxy) is 1. The summed E-state index contributed by atoms with van der Waals surface area (Å²) in [4.78, 5) is 14.0. The number of piperazine rings is 1. The van der Waals surface area contributed by atoms with Crippen molar-refractivity contribution in [2.75, 3.05) is 37.4 Å². The average molecular weight is 432 g/mol. The molecule has 2 aliphatic rings. The van der Waals surface area contributed by atoms with Gasteiger partial charge in [0.05, 0.1) is 22.1 Å². The quantitative estimate of drug-likeness (QED) is 0.760. The summed E-state index contributed by atoms with van der Waals surface area (Å²) < 4.78 is 70.6. The topological polar surface area (TPSA) is 121 Å². The van der Waals surface area contributed by atoms with Crippen molar-refractivity contribution in [1.29, 1.82) is 0 Å². The van der Waals surface area contributed by atoms with Crippen molar-refractivity contribution in [3.63, 3.8) is 0 Å². The summed E-state index contributed by atoms with van der Waals surface area (Å²) in [5.41, 5.74) is -1.34. The molecule has 1 amide bonds. The number of amides is 1. The molecule has 3 heterocycles. The van der Waals surface area contributed by atoms with E-state index in [0.29, 0.717) is 6.26 Å². The van der Waals surface area contributed by atoms with Crippen LogP contribution in [-0.4, -0.2) is 78.6 Å². The summed E-state index contributed by atoms with van der Waals surface area (Å²) in [5.74, 6) is -0.201. The summed E-state index contributed by atoms with van der Waals surface area (Å²) in [5, 5.41) is 12.8. The number of benzene rings is 1. The van der Waals surface area contributed by atoms with Crippen molar-refractivity contribution in [3.05, 3.63) is 17.7 Å². The van der Waals surface area contributed by atoms with E-state index in [9.17, 15) is 26.4 Å². The summed E-state index contributed by atoms with van der Waals surface area (Å²) in [6, 6.07) is 1.64. The number of aromatic nitrogens is 4. The van der Waals surface area contributed by atoms with Gasteiger partial charge >= 0.3 is 12.3 Å². The van der Waals surface area contributed by atoms with E-state index >= 15 is 0 Å². The van der Waals surface area contributed by atoms with Crippen LogP contribution in [0.5, 0.6) is 0 Å². The molecule has 2 fully saturated rings. The molecule has 2 saturated heterocycles. The number of hydrogen-bond acceptors (Lipinski definition) is 8. The largest absolute Gasteiger partial charge is 0.447 e. The Bertz CT molecular complexity index is 1060. The normalized spacial score (nSPS) is 20.0. The van der Waals surface area contributed by atoms with E-state index in [4.69, 9.17) is 4.74 Å². The van der Waals surface area contributed by atoms with Crippen molar-refractivity contribution >= 4 is 21.6 Å². The first kappa shape index (κ1) is 19.4. The summed E-state index contributed by atoms with van der Waals surface area (Å²) >= 11 is 0. The lowest BCUT2D eigenvalue weighted by Gasteiger charge is -2.38. The smallest absolute Gasteiger partial charge is 0.417 e. The highest BCUT2D eigenvalue weighted by Gasteiger charge is 2.42. The number of halogens is 3. The molecule has 156 valence electrons. The van der Waals surface area contributed by atoms with Gasteiger partial charge in [-0.25, -0.2) is 18.3 Å². The summed E-state index contributed by atoms with van der Waals surface area (Å²) in [6.07, 6.45) is -4.64. The van der Waals surface area contributed by atoms with E-state index < -0.39 is 32.6 Å². The number of anilines is 1. The Balaban J connectivity index is 1.90. The van der Waals surface area contributed by atoms with Gasteiger partial charge in [0.15, 0.2) is 15.7 Å². The molecule has 0 spiro atoms. The minimum absolute atomic E-state index is 0.147. The molecule has 1 N–H and O–H groups in total. The van der Waals surface area contributed by atoms with E-state index in [2.05, 4.69) is 20.6 Å². The third kappa shape index (κ3) is 3.36. The van der Waals surface area contributed by atoms with Crippen molar-refractivity contribution in [2.45, 2.75) is 17.1 Å². The van der Waals surface area contributed by atoms with Gasteiger partial charge in [0.1, 0.15) is 6.61 Å². The standard InChI is InChI=1S/C15H15F3N6O4S/c1-29(26,27)12-9(15(16,17)18)2-3-10(11(12)13-19-21-22-20-13)23-4-5-24-8(6-23)7-28-14(24)25/h2-3,8H,4-7H2,1H3,(H,19,20,21,22). The Hall–Kier alpha value is -2.90. The Morgan fingerprint density at radius 3 is 2.66 bits per heavy atom.